The largest absolute Gasteiger partial charge is 0.363 e. The summed E-state index contributed by atoms with van der Waals surface area (Å²) in [6, 6.07) is 10.2. The van der Waals surface area contributed by atoms with Gasteiger partial charge in [0.1, 0.15) is 5.82 Å². The highest BCUT2D eigenvalue weighted by Gasteiger charge is 2.12. The van der Waals surface area contributed by atoms with Crippen LogP contribution in [-0.4, -0.2) is 33.7 Å². The Kier molecular flexibility index (Phi) is 2.89. The summed E-state index contributed by atoms with van der Waals surface area (Å²) in [5.74, 6) is 2.30. The zero-order chi connectivity index (χ0) is 14.3. The molecular formula is C15H17N5. The van der Waals surface area contributed by atoms with Crippen molar-refractivity contribution in [3.8, 4) is 11.4 Å². The SMILES string of the molecule is Cc1cccc(-c2nc3nc(C)cc(N(C)C)n3n2)c1. The van der Waals surface area contributed by atoms with E-state index in [9.17, 15) is 0 Å². The van der Waals surface area contributed by atoms with Gasteiger partial charge in [0.05, 0.1) is 0 Å². The molecule has 0 aliphatic rings. The van der Waals surface area contributed by atoms with Gasteiger partial charge in [-0.15, -0.1) is 5.10 Å². The van der Waals surface area contributed by atoms with E-state index in [2.05, 4.69) is 34.1 Å². The fourth-order valence-corrected chi connectivity index (χ4v) is 2.19. The highest BCUT2D eigenvalue weighted by Crippen LogP contribution is 2.20. The van der Waals surface area contributed by atoms with Crippen molar-refractivity contribution in [3.63, 3.8) is 0 Å². The van der Waals surface area contributed by atoms with E-state index in [0.717, 1.165) is 17.1 Å². The molecule has 3 rings (SSSR count). The second kappa shape index (κ2) is 4.59. The van der Waals surface area contributed by atoms with Gasteiger partial charge >= 0.3 is 0 Å². The van der Waals surface area contributed by atoms with Crippen molar-refractivity contribution in [2.45, 2.75) is 13.8 Å². The summed E-state index contributed by atoms with van der Waals surface area (Å²) < 4.78 is 1.78. The first-order valence-corrected chi connectivity index (χ1v) is 6.53. The van der Waals surface area contributed by atoms with E-state index in [4.69, 9.17) is 0 Å². The van der Waals surface area contributed by atoms with Gasteiger partial charge in [-0.3, -0.25) is 0 Å². The topological polar surface area (TPSA) is 46.3 Å². The van der Waals surface area contributed by atoms with Gasteiger partial charge in [0, 0.05) is 31.4 Å². The van der Waals surface area contributed by atoms with Crippen LogP contribution in [0, 0.1) is 13.8 Å². The van der Waals surface area contributed by atoms with Crippen molar-refractivity contribution in [3.05, 3.63) is 41.6 Å². The predicted molar refractivity (Wildman–Crippen MR) is 80.0 cm³/mol. The van der Waals surface area contributed by atoms with Crippen LogP contribution >= 0.6 is 0 Å². The smallest absolute Gasteiger partial charge is 0.254 e. The van der Waals surface area contributed by atoms with Crippen LogP contribution in [0.4, 0.5) is 5.82 Å². The van der Waals surface area contributed by atoms with Gasteiger partial charge in [-0.2, -0.15) is 9.50 Å². The van der Waals surface area contributed by atoms with Gasteiger partial charge in [-0.25, -0.2) is 4.98 Å². The predicted octanol–water partition coefficient (Wildman–Crippen LogP) is 2.47. The lowest BCUT2D eigenvalue weighted by Crippen LogP contribution is -2.14. The van der Waals surface area contributed by atoms with Crippen LogP contribution in [0.2, 0.25) is 0 Å². The first kappa shape index (κ1) is 12.6. The Bertz CT molecular complexity index is 773. The highest BCUT2D eigenvalue weighted by atomic mass is 15.4. The molecule has 0 atom stereocenters. The lowest BCUT2D eigenvalue weighted by molar-refractivity contribution is 0.890. The Morgan fingerprint density at radius 2 is 1.85 bits per heavy atom. The van der Waals surface area contributed by atoms with Crippen molar-refractivity contribution >= 4 is 11.6 Å². The molecule has 5 heteroatoms. The number of hydrogen-bond acceptors (Lipinski definition) is 4. The molecule has 0 fully saturated rings. The highest BCUT2D eigenvalue weighted by molar-refractivity contribution is 5.59. The number of nitrogens with zero attached hydrogens (tertiary/aromatic N) is 5. The van der Waals surface area contributed by atoms with Gasteiger partial charge < -0.3 is 4.90 Å². The van der Waals surface area contributed by atoms with Crippen LogP contribution in [0.15, 0.2) is 30.3 Å². The Morgan fingerprint density at radius 1 is 1.05 bits per heavy atom. The van der Waals surface area contributed by atoms with Gasteiger partial charge in [0.2, 0.25) is 0 Å². The molecular weight excluding hydrogens is 250 g/mol. The minimum absolute atomic E-state index is 0.630. The van der Waals surface area contributed by atoms with Crippen molar-refractivity contribution in [2.75, 3.05) is 19.0 Å². The van der Waals surface area contributed by atoms with E-state index < -0.39 is 0 Å². The second-order valence-electron chi connectivity index (χ2n) is 5.17. The normalized spacial score (nSPS) is 11.0. The molecule has 2 heterocycles. The summed E-state index contributed by atoms with van der Waals surface area (Å²) in [4.78, 5) is 11.0. The third kappa shape index (κ3) is 2.11. The third-order valence-electron chi connectivity index (χ3n) is 3.16. The Hall–Kier alpha value is -2.43. The maximum atomic E-state index is 4.59. The van der Waals surface area contributed by atoms with E-state index in [1.54, 1.807) is 4.52 Å². The second-order valence-corrected chi connectivity index (χ2v) is 5.17. The summed E-state index contributed by atoms with van der Waals surface area (Å²) in [7, 11) is 3.98. The molecule has 0 bridgehead atoms. The standard InChI is InChI=1S/C15H17N5/c1-10-6-5-7-12(8-10)14-17-15-16-11(2)9-13(19(3)4)20(15)18-14/h5-9H,1-4H3. The number of fused-ring (bicyclic) bond motifs is 1. The third-order valence-corrected chi connectivity index (χ3v) is 3.16. The maximum absolute atomic E-state index is 4.59. The van der Waals surface area contributed by atoms with Crippen molar-refractivity contribution in [1.82, 2.24) is 19.6 Å². The number of hydrogen-bond donors (Lipinski definition) is 0. The molecule has 0 saturated heterocycles. The van der Waals surface area contributed by atoms with Crippen LogP contribution in [0.3, 0.4) is 0 Å². The fraction of sp³-hybridized carbons (Fsp3) is 0.267. The van der Waals surface area contributed by atoms with Gasteiger partial charge in [-0.1, -0.05) is 23.8 Å². The molecule has 0 aliphatic carbocycles. The summed E-state index contributed by atoms with van der Waals surface area (Å²) in [5.41, 5.74) is 3.14. The fourth-order valence-electron chi connectivity index (χ4n) is 2.19. The molecule has 0 saturated carbocycles. The van der Waals surface area contributed by atoms with E-state index in [0.29, 0.717) is 11.6 Å². The molecule has 0 unspecified atom stereocenters. The van der Waals surface area contributed by atoms with Crippen molar-refractivity contribution in [2.24, 2.45) is 0 Å². The van der Waals surface area contributed by atoms with Gasteiger partial charge in [0.15, 0.2) is 5.82 Å². The molecule has 20 heavy (non-hydrogen) atoms. The monoisotopic (exact) mass is 267 g/mol. The van der Waals surface area contributed by atoms with Gasteiger partial charge in [0.25, 0.3) is 5.78 Å². The van der Waals surface area contributed by atoms with Crippen LogP contribution in [0.1, 0.15) is 11.3 Å². The molecule has 0 spiro atoms. The lowest BCUT2D eigenvalue weighted by atomic mass is 10.1. The summed E-state index contributed by atoms with van der Waals surface area (Å²) >= 11 is 0. The first-order chi connectivity index (χ1) is 9.54. The summed E-state index contributed by atoms with van der Waals surface area (Å²) in [6.45, 7) is 4.03. The number of benzene rings is 1. The summed E-state index contributed by atoms with van der Waals surface area (Å²) in [6.07, 6.45) is 0. The molecule has 0 N–H and O–H groups in total. The molecule has 102 valence electrons. The van der Waals surface area contributed by atoms with E-state index in [1.807, 2.05) is 44.1 Å². The number of rotatable bonds is 2. The minimum atomic E-state index is 0.630. The molecule has 5 nitrogen and oxygen atoms in total. The molecule has 2 aromatic heterocycles. The average molecular weight is 267 g/mol. The molecule has 0 aliphatic heterocycles. The number of anilines is 1. The van der Waals surface area contributed by atoms with Crippen LogP contribution in [0.5, 0.6) is 0 Å². The maximum Gasteiger partial charge on any atom is 0.254 e. The molecule has 0 amide bonds. The Labute approximate surface area is 117 Å². The van der Waals surface area contributed by atoms with E-state index in [1.165, 1.54) is 5.56 Å². The molecule has 0 radical (unpaired) electrons. The minimum Gasteiger partial charge on any atom is -0.363 e. The lowest BCUT2D eigenvalue weighted by Gasteiger charge is -2.13. The zero-order valence-electron chi connectivity index (χ0n) is 12.1. The van der Waals surface area contributed by atoms with E-state index >= 15 is 0 Å². The van der Waals surface area contributed by atoms with Crippen LogP contribution < -0.4 is 4.90 Å². The average Bonchev–Trinajstić information content (AvgIpc) is 2.81. The quantitative estimate of drug-likeness (QED) is 0.715. The number of aryl methyl sites for hydroxylation is 2. The molecule has 3 aromatic rings. The Balaban J connectivity index is 2.22. The molecule has 1 aromatic carbocycles. The van der Waals surface area contributed by atoms with Crippen LogP contribution in [0.25, 0.3) is 17.2 Å². The van der Waals surface area contributed by atoms with Crippen molar-refractivity contribution < 1.29 is 0 Å². The van der Waals surface area contributed by atoms with E-state index in [-0.39, 0.29) is 0 Å². The Morgan fingerprint density at radius 3 is 2.55 bits per heavy atom. The zero-order valence-corrected chi connectivity index (χ0v) is 12.1. The van der Waals surface area contributed by atoms with Crippen molar-refractivity contribution in [1.29, 1.82) is 0 Å². The summed E-state index contributed by atoms with van der Waals surface area (Å²) in [5, 5.41) is 4.59. The number of aromatic nitrogens is 4. The van der Waals surface area contributed by atoms with Gasteiger partial charge in [-0.05, 0) is 19.9 Å². The first-order valence-electron chi connectivity index (χ1n) is 6.53. The van der Waals surface area contributed by atoms with Crippen LogP contribution in [-0.2, 0) is 0 Å².